The Bertz CT molecular complexity index is 1670. The summed E-state index contributed by atoms with van der Waals surface area (Å²) in [6.45, 7) is 4.57. The standard InChI is InChI=1S/C29H27F2N7O/c1-19-6-9-21-17-23(29(39)32-25(21)16-19)27(28-33-34-35-38(28)18-20-7-10-22(30)11-8-20)37-14-12-36(13-15-37)26-5-3-2-4-24(26)31/h2-11,16-17,27H,12-15,18H2,1H3,(H,32,39)/t27-/m0/s1. The summed E-state index contributed by atoms with van der Waals surface area (Å²) in [7, 11) is 0. The monoisotopic (exact) mass is 527 g/mol. The number of aromatic amines is 1. The molecule has 8 nitrogen and oxygen atoms in total. The van der Waals surface area contributed by atoms with Crippen molar-refractivity contribution < 1.29 is 8.78 Å². The molecule has 1 N–H and O–H groups in total. The van der Waals surface area contributed by atoms with E-state index >= 15 is 0 Å². The molecular formula is C29H27F2N7O. The van der Waals surface area contributed by atoms with Gasteiger partial charge in [0.05, 0.1) is 12.2 Å². The molecule has 5 aromatic rings. The lowest BCUT2D eigenvalue weighted by Gasteiger charge is -2.39. The summed E-state index contributed by atoms with van der Waals surface area (Å²) in [4.78, 5) is 20.7. The van der Waals surface area contributed by atoms with Crippen molar-refractivity contribution in [3.63, 3.8) is 0 Å². The third kappa shape index (κ3) is 5.03. The Labute approximate surface area is 223 Å². The minimum absolute atomic E-state index is 0.217. The van der Waals surface area contributed by atoms with Gasteiger partial charge in [-0.2, -0.15) is 0 Å². The van der Waals surface area contributed by atoms with E-state index in [1.54, 1.807) is 28.9 Å². The van der Waals surface area contributed by atoms with Crippen LogP contribution in [0.5, 0.6) is 0 Å². The number of para-hydroxylation sites is 1. The molecule has 1 aliphatic rings. The average Bonchev–Trinajstić information content (AvgIpc) is 3.39. The van der Waals surface area contributed by atoms with Crippen LogP contribution < -0.4 is 10.5 Å². The summed E-state index contributed by atoms with van der Waals surface area (Å²) >= 11 is 0. The van der Waals surface area contributed by atoms with E-state index < -0.39 is 6.04 Å². The Morgan fingerprint density at radius 1 is 0.949 bits per heavy atom. The Morgan fingerprint density at radius 2 is 1.72 bits per heavy atom. The molecule has 198 valence electrons. The van der Waals surface area contributed by atoms with Crippen LogP contribution in [0.4, 0.5) is 14.5 Å². The molecule has 1 aliphatic heterocycles. The Morgan fingerprint density at radius 3 is 2.49 bits per heavy atom. The zero-order valence-corrected chi connectivity index (χ0v) is 21.4. The first-order chi connectivity index (χ1) is 19.0. The van der Waals surface area contributed by atoms with Gasteiger partial charge < -0.3 is 9.88 Å². The fourth-order valence-electron chi connectivity index (χ4n) is 5.25. The van der Waals surface area contributed by atoms with Gasteiger partial charge >= 0.3 is 0 Å². The SMILES string of the molecule is Cc1ccc2cc([C@@H](c3nnnn3Cc3ccc(F)cc3)N3CCN(c4ccccc4F)CC3)c(=O)[nH]c2c1. The largest absolute Gasteiger partial charge is 0.367 e. The van der Waals surface area contributed by atoms with E-state index in [-0.39, 0.29) is 17.2 Å². The van der Waals surface area contributed by atoms with Crippen LogP contribution in [0.15, 0.2) is 77.6 Å². The third-order valence-electron chi connectivity index (χ3n) is 7.25. The number of pyridine rings is 1. The van der Waals surface area contributed by atoms with Gasteiger partial charge in [0.15, 0.2) is 5.82 Å². The number of aromatic nitrogens is 5. The number of aryl methyl sites for hydroxylation is 1. The maximum Gasteiger partial charge on any atom is 0.253 e. The highest BCUT2D eigenvalue weighted by Crippen LogP contribution is 2.30. The molecular weight excluding hydrogens is 500 g/mol. The van der Waals surface area contributed by atoms with E-state index in [4.69, 9.17) is 0 Å². The second-order valence-corrected chi connectivity index (χ2v) is 9.84. The first-order valence-corrected chi connectivity index (χ1v) is 12.8. The molecule has 3 aromatic carbocycles. The van der Waals surface area contributed by atoms with Gasteiger partial charge in [0.2, 0.25) is 0 Å². The van der Waals surface area contributed by atoms with E-state index in [9.17, 15) is 13.6 Å². The molecule has 0 radical (unpaired) electrons. The molecule has 0 unspecified atom stereocenters. The van der Waals surface area contributed by atoms with Crippen LogP contribution in [-0.4, -0.2) is 56.3 Å². The number of hydrogen-bond donors (Lipinski definition) is 1. The van der Waals surface area contributed by atoms with E-state index in [1.165, 1.54) is 18.2 Å². The average molecular weight is 528 g/mol. The van der Waals surface area contributed by atoms with Gasteiger partial charge in [-0.05, 0) is 70.3 Å². The number of H-pyrrole nitrogens is 1. The lowest BCUT2D eigenvalue weighted by molar-refractivity contribution is 0.200. The minimum atomic E-state index is -0.544. The number of tetrazole rings is 1. The van der Waals surface area contributed by atoms with Crippen LogP contribution in [0.2, 0.25) is 0 Å². The number of nitrogens with zero attached hydrogens (tertiary/aromatic N) is 6. The molecule has 3 heterocycles. The second-order valence-electron chi connectivity index (χ2n) is 9.84. The van der Waals surface area contributed by atoms with Crippen molar-refractivity contribution >= 4 is 16.6 Å². The van der Waals surface area contributed by atoms with Gasteiger partial charge in [0, 0.05) is 37.3 Å². The molecule has 0 bridgehead atoms. The van der Waals surface area contributed by atoms with Crippen molar-refractivity contribution in [2.75, 3.05) is 31.1 Å². The molecule has 10 heteroatoms. The van der Waals surface area contributed by atoms with Crippen molar-refractivity contribution in [3.05, 3.63) is 117 Å². The predicted octanol–water partition coefficient (Wildman–Crippen LogP) is 4.06. The fraction of sp³-hybridized carbons (Fsp3) is 0.241. The normalized spacial score (nSPS) is 15.1. The van der Waals surface area contributed by atoms with E-state index in [1.807, 2.05) is 42.2 Å². The summed E-state index contributed by atoms with van der Waals surface area (Å²) in [5.74, 6) is -0.0677. The van der Waals surface area contributed by atoms with Crippen LogP contribution in [-0.2, 0) is 6.54 Å². The van der Waals surface area contributed by atoms with Gasteiger partial charge in [0.25, 0.3) is 5.56 Å². The summed E-state index contributed by atoms with van der Waals surface area (Å²) in [5, 5.41) is 13.4. The second kappa shape index (κ2) is 10.4. The topological polar surface area (TPSA) is 82.9 Å². The van der Waals surface area contributed by atoms with Gasteiger partial charge in [-0.25, -0.2) is 13.5 Å². The van der Waals surface area contributed by atoms with E-state index in [2.05, 4.69) is 25.4 Å². The maximum absolute atomic E-state index is 14.5. The predicted molar refractivity (Wildman–Crippen MR) is 145 cm³/mol. The zero-order chi connectivity index (χ0) is 26.9. The zero-order valence-electron chi connectivity index (χ0n) is 21.4. The first-order valence-electron chi connectivity index (χ1n) is 12.8. The summed E-state index contributed by atoms with van der Waals surface area (Å²) < 4.78 is 29.6. The number of anilines is 1. The van der Waals surface area contributed by atoms with Crippen LogP contribution in [0.3, 0.4) is 0 Å². The fourth-order valence-corrected chi connectivity index (χ4v) is 5.25. The molecule has 0 aliphatic carbocycles. The highest BCUT2D eigenvalue weighted by atomic mass is 19.1. The molecule has 2 aromatic heterocycles. The Hall–Kier alpha value is -4.44. The van der Waals surface area contributed by atoms with Crippen LogP contribution in [0, 0.1) is 18.6 Å². The summed E-state index contributed by atoms with van der Waals surface area (Å²) in [6, 6.07) is 20.2. The summed E-state index contributed by atoms with van der Waals surface area (Å²) in [6.07, 6.45) is 0. The highest BCUT2D eigenvalue weighted by molar-refractivity contribution is 5.79. The van der Waals surface area contributed by atoms with Crippen LogP contribution in [0.1, 0.15) is 28.6 Å². The first kappa shape index (κ1) is 24.9. The van der Waals surface area contributed by atoms with Gasteiger partial charge in [-0.15, -0.1) is 5.10 Å². The van der Waals surface area contributed by atoms with Crippen LogP contribution in [0.25, 0.3) is 10.9 Å². The summed E-state index contributed by atoms with van der Waals surface area (Å²) in [5.41, 5.74) is 3.52. The van der Waals surface area contributed by atoms with Crippen molar-refractivity contribution in [1.29, 1.82) is 0 Å². The number of rotatable bonds is 6. The molecule has 1 fully saturated rings. The Kier molecular flexibility index (Phi) is 6.62. The molecule has 0 spiro atoms. The highest BCUT2D eigenvalue weighted by Gasteiger charge is 2.33. The number of benzene rings is 3. The van der Waals surface area contributed by atoms with Gasteiger partial charge in [-0.1, -0.05) is 36.4 Å². The molecule has 1 saturated heterocycles. The molecule has 0 amide bonds. The number of hydrogen-bond acceptors (Lipinski definition) is 6. The lowest BCUT2D eigenvalue weighted by atomic mass is 10.0. The van der Waals surface area contributed by atoms with Crippen molar-refractivity contribution in [1.82, 2.24) is 30.1 Å². The van der Waals surface area contributed by atoms with Crippen molar-refractivity contribution in [2.24, 2.45) is 0 Å². The van der Waals surface area contributed by atoms with Crippen LogP contribution >= 0.6 is 0 Å². The smallest absolute Gasteiger partial charge is 0.253 e. The van der Waals surface area contributed by atoms with Gasteiger partial charge in [-0.3, -0.25) is 9.69 Å². The van der Waals surface area contributed by atoms with E-state index in [0.29, 0.717) is 49.8 Å². The van der Waals surface area contributed by atoms with E-state index in [0.717, 1.165) is 22.0 Å². The molecule has 0 saturated carbocycles. The Balaban J connectivity index is 1.38. The maximum atomic E-state index is 14.5. The molecule has 1 atom stereocenters. The molecule has 39 heavy (non-hydrogen) atoms. The number of piperazine rings is 1. The van der Waals surface area contributed by atoms with Gasteiger partial charge in [0.1, 0.15) is 17.7 Å². The van der Waals surface area contributed by atoms with Crippen molar-refractivity contribution in [2.45, 2.75) is 19.5 Å². The number of nitrogens with one attached hydrogen (secondary N) is 1. The number of halogens is 2. The minimum Gasteiger partial charge on any atom is -0.367 e. The van der Waals surface area contributed by atoms with Crippen molar-refractivity contribution in [3.8, 4) is 0 Å². The third-order valence-corrected chi connectivity index (χ3v) is 7.25. The quantitative estimate of drug-likeness (QED) is 0.359. The number of fused-ring (bicyclic) bond motifs is 1. The molecule has 6 rings (SSSR count). The lowest BCUT2D eigenvalue weighted by Crippen LogP contribution is -2.49.